The number of morpholine rings is 1. The second kappa shape index (κ2) is 6.18. The summed E-state index contributed by atoms with van der Waals surface area (Å²) < 4.78 is 10.6. The van der Waals surface area contributed by atoms with Gasteiger partial charge in [0.2, 0.25) is 5.91 Å². The van der Waals surface area contributed by atoms with Crippen molar-refractivity contribution in [2.75, 3.05) is 39.5 Å². The highest BCUT2D eigenvalue weighted by Gasteiger charge is 2.22. The Bertz CT molecular complexity index is 225. The molecule has 1 heterocycles. The van der Waals surface area contributed by atoms with E-state index in [0.29, 0.717) is 26.4 Å². The van der Waals surface area contributed by atoms with Crippen LogP contribution in [0.15, 0.2) is 0 Å². The molecule has 16 heavy (non-hydrogen) atoms. The van der Waals surface area contributed by atoms with Crippen molar-refractivity contribution in [2.45, 2.75) is 18.9 Å². The summed E-state index contributed by atoms with van der Waals surface area (Å²) in [7, 11) is 0. The molecule has 5 nitrogen and oxygen atoms in total. The number of amides is 1. The number of carbonyl (C=O) groups excluding carboxylic acids is 1. The molecule has 0 aromatic rings. The fourth-order valence-electron chi connectivity index (χ4n) is 1.64. The van der Waals surface area contributed by atoms with Crippen molar-refractivity contribution in [3.05, 3.63) is 0 Å². The van der Waals surface area contributed by atoms with Crippen LogP contribution >= 0.6 is 0 Å². The van der Waals surface area contributed by atoms with E-state index in [1.54, 1.807) is 0 Å². The minimum Gasteiger partial charge on any atom is -0.379 e. The summed E-state index contributed by atoms with van der Waals surface area (Å²) in [5, 5.41) is 5.95. The Morgan fingerprint density at radius 1 is 1.50 bits per heavy atom. The van der Waals surface area contributed by atoms with E-state index in [4.69, 9.17) is 9.47 Å². The van der Waals surface area contributed by atoms with Crippen LogP contribution in [0.1, 0.15) is 12.8 Å². The average molecular weight is 228 g/mol. The molecule has 0 radical (unpaired) electrons. The molecule has 0 bridgehead atoms. The topological polar surface area (TPSA) is 59.6 Å². The molecule has 1 unspecified atom stereocenters. The van der Waals surface area contributed by atoms with Crippen molar-refractivity contribution in [1.29, 1.82) is 0 Å². The summed E-state index contributed by atoms with van der Waals surface area (Å²) in [4.78, 5) is 11.6. The molecule has 0 aromatic heterocycles. The summed E-state index contributed by atoms with van der Waals surface area (Å²) in [6.45, 7) is 3.94. The van der Waals surface area contributed by atoms with Crippen molar-refractivity contribution >= 4 is 5.91 Å². The van der Waals surface area contributed by atoms with E-state index in [0.717, 1.165) is 19.1 Å². The summed E-state index contributed by atoms with van der Waals surface area (Å²) in [5.74, 6) is 0.791. The van der Waals surface area contributed by atoms with Crippen LogP contribution in [0.25, 0.3) is 0 Å². The van der Waals surface area contributed by atoms with Gasteiger partial charge < -0.3 is 20.1 Å². The average Bonchev–Trinajstić information content (AvgIpc) is 3.13. The Labute approximate surface area is 95.9 Å². The predicted molar refractivity (Wildman–Crippen MR) is 59.2 cm³/mol. The van der Waals surface area contributed by atoms with Gasteiger partial charge in [0.15, 0.2) is 0 Å². The van der Waals surface area contributed by atoms with Crippen molar-refractivity contribution in [3.8, 4) is 0 Å². The SMILES string of the molecule is O=C(NCCOCC1CC1)C1COCCN1. The van der Waals surface area contributed by atoms with Crippen molar-refractivity contribution in [2.24, 2.45) is 5.92 Å². The maximum absolute atomic E-state index is 11.6. The van der Waals surface area contributed by atoms with Crippen LogP contribution in [-0.2, 0) is 14.3 Å². The molecule has 1 saturated heterocycles. The Morgan fingerprint density at radius 2 is 2.38 bits per heavy atom. The largest absolute Gasteiger partial charge is 0.379 e. The van der Waals surface area contributed by atoms with Gasteiger partial charge in [0.1, 0.15) is 6.04 Å². The van der Waals surface area contributed by atoms with E-state index < -0.39 is 0 Å². The maximum Gasteiger partial charge on any atom is 0.239 e. The Hall–Kier alpha value is -0.650. The maximum atomic E-state index is 11.6. The van der Waals surface area contributed by atoms with E-state index >= 15 is 0 Å². The molecule has 1 atom stereocenters. The summed E-state index contributed by atoms with van der Waals surface area (Å²) in [6.07, 6.45) is 2.60. The smallest absolute Gasteiger partial charge is 0.239 e. The van der Waals surface area contributed by atoms with Gasteiger partial charge in [-0.25, -0.2) is 0 Å². The fraction of sp³-hybridized carbons (Fsp3) is 0.909. The van der Waals surface area contributed by atoms with Gasteiger partial charge in [0, 0.05) is 19.7 Å². The molecule has 92 valence electrons. The fourth-order valence-corrected chi connectivity index (χ4v) is 1.64. The zero-order valence-electron chi connectivity index (χ0n) is 9.54. The van der Waals surface area contributed by atoms with E-state index in [2.05, 4.69) is 10.6 Å². The quantitative estimate of drug-likeness (QED) is 0.603. The lowest BCUT2D eigenvalue weighted by Gasteiger charge is -2.22. The molecular weight excluding hydrogens is 208 g/mol. The van der Waals surface area contributed by atoms with Crippen LogP contribution in [0.4, 0.5) is 0 Å². The third kappa shape index (κ3) is 4.08. The number of carbonyl (C=O) groups is 1. The number of rotatable bonds is 6. The van der Waals surface area contributed by atoms with Gasteiger partial charge >= 0.3 is 0 Å². The van der Waals surface area contributed by atoms with Gasteiger partial charge in [-0.1, -0.05) is 0 Å². The number of hydrogen-bond acceptors (Lipinski definition) is 4. The van der Waals surface area contributed by atoms with E-state index in [1.807, 2.05) is 0 Å². The molecule has 2 fully saturated rings. The molecule has 0 aromatic carbocycles. The lowest BCUT2D eigenvalue weighted by molar-refractivity contribution is -0.126. The highest BCUT2D eigenvalue weighted by Crippen LogP contribution is 2.28. The zero-order valence-corrected chi connectivity index (χ0v) is 9.54. The highest BCUT2D eigenvalue weighted by molar-refractivity contribution is 5.81. The summed E-state index contributed by atoms with van der Waals surface area (Å²) >= 11 is 0. The Balaban J connectivity index is 1.48. The molecule has 2 N–H and O–H groups in total. The van der Waals surface area contributed by atoms with E-state index in [-0.39, 0.29) is 11.9 Å². The summed E-state index contributed by atoms with van der Waals surface area (Å²) in [5.41, 5.74) is 0. The molecule has 2 rings (SSSR count). The first kappa shape index (κ1) is 11.8. The van der Waals surface area contributed by atoms with Crippen LogP contribution in [0.3, 0.4) is 0 Å². The number of ether oxygens (including phenoxy) is 2. The van der Waals surface area contributed by atoms with Gasteiger partial charge in [-0.15, -0.1) is 0 Å². The molecule has 1 aliphatic carbocycles. The monoisotopic (exact) mass is 228 g/mol. The van der Waals surface area contributed by atoms with Crippen LogP contribution in [0.2, 0.25) is 0 Å². The van der Waals surface area contributed by atoms with Crippen molar-refractivity contribution in [3.63, 3.8) is 0 Å². The van der Waals surface area contributed by atoms with Crippen LogP contribution in [0, 0.1) is 5.92 Å². The Kier molecular flexibility index (Phi) is 4.56. The van der Waals surface area contributed by atoms with Crippen LogP contribution in [-0.4, -0.2) is 51.5 Å². The number of nitrogens with one attached hydrogen (secondary N) is 2. The van der Waals surface area contributed by atoms with Crippen molar-refractivity contribution < 1.29 is 14.3 Å². The van der Waals surface area contributed by atoms with Crippen LogP contribution in [0.5, 0.6) is 0 Å². The third-order valence-corrected chi connectivity index (χ3v) is 2.83. The van der Waals surface area contributed by atoms with E-state index in [9.17, 15) is 4.79 Å². The van der Waals surface area contributed by atoms with Gasteiger partial charge in [-0.05, 0) is 18.8 Å². The normalized spacial score (nSPS) is 25.4. The summed E-state index contributed by atoms with van der Waals surface area (Å²) in [6, 6.07) is -0.197. The second-order valence-electron chi connectivity index (χ2n) is 4.39. The Morgan fingerprint density at radius 3 is 3.06 bits per heavy atom. The lowest BCUT2D eigenvalue weighted by Crippen LogP contribution is -2.51. The second-order valence-corrected chi connectivity index (χ2v) is 4.39. The van der Waals surface area contributed by atoms with Gasteiger partial charge in [-0.2, -0.15) is 0 Å². The minimum atomic E-state index is -0.197. The van der Waals surface area contributed by atoms with Crippen molar-refractivity contribution in [1.82, 2.24) is 10.6 Å². The number of hydrogen-bond donors (Lipinski definition) is 2. The standard InChI is InChI=1S/C11H20N2O3/c14-11(10-8-16-5-3-12-10)13-4-6-15-7-9-1-2-9/h9-10,12H,1-8H2,(H,13,14). The lowest BCUT2D eigenvalue weighted by atomic mass is 10.2. The van der Waals surface area contributed by atoms with Gasteiger partial charge in [-0.3, -0.25) is 4.79 Å². The molecule has 1 saturated carbocycles. The van der Waals surface area contributed by atoms with E-state index in [1.165, 1.54) is 12.8 Å². The third-order valence-electron chi connectivity index (χ3n) is 2.83. The molecular formula is C11H20N2O3. The predicted octanol–water partition coefficient (Wildman–Crippen LogP) is -0.482. The van der Waals surface area contributed by atoms with Gasteiger partial charge in [0.05, 0.1) is 19.8 Å². The highest BCUT2D eigenvalue weighted by atomic mass is 16.5. The molecule has 1 aliphatic heterocycles. The zero-order chi connectivity index (χ0) is 11.2. The van der Waals surface area contributed by atoms with Gasteiger partial charge in [0.25, 0.3) is 0 Å². The minimum absolute atomic E-state index is 0.00900. The molecule has 5 heteroatoms. The molecule has 1 amide bonds. The first-order chi connectivity index (χ1) is 7.86. The molecule has 2 aliphatic rings. The molecule has 0 spiro atoms. The first-order valence-corrected chi connectivity index (χ1v) is 6.03. The van der Waals surface area contributed by atoms with Crippen LogP contribution < -0.4 is 10.6 Å². The first-order valence-electron chi connectivity index (χ1n) is 6.03.